The molecule has 108 valence electrons. The van der Waals surface area contributed by atoms with Crippen LogP contribution in [0.15, 0.2) is 66.7 Å². The maximum absolute atomic E-state index is 11.9. The average Bonchev–Trinajstić information content (AvgIpc) is 2.57. The molecule has 2 aromatic carbocycles. The molecule has 0 heterocycles. The Labute approximate surface area is 133 Å². The minimum absolute atomic E-state index is 0.417. The van der Waals surface area contributed by atoms with E-state index < -0.39 is 11.6 Å². The summed E-state index contributed by atoms with van der Waals surface area (Å²) < 4.78 is 0. The van der Waals surface area contributed by atoms with Gasteiger partial charge in [0.15, 0.2) is 0 Å². The van der Waals surface area contributed by atoms with Crippen LogP contribution in [0.3, 0.4) is 0 Å². The predicted octanol–water partition coefficient (Wildman–Crippen LogP) is 4.24. The van der Waals surface area contributed by atoms with Gasteiger partial charge in [-0.2, -0.15) is 0 Å². The number of carbonyl (C=O) groups excluding carboxylic acids is 2. The van der Waals surface area contributed by atoms with Crippen molar-refractivity contribution in [3.05, 3.63) is 83.4 Å². The first-order valence-electron chi connectivity index (χ1n) is 7.00. The van der Waals surface area contributed by atoms with Crippen LogP contribution in [0.4, 0.5) is 0 Å². The smallest absolute Gasteiger partial charge is 0.233 e. The number of thioether (sulfide) groups is 1. The zero-order valence-electron chi connectivity index (χ0n) is 11.9. The van der Waals surface area contributed by atoms with Gasteiger partial charge in [-0.3, -0.25) is 9.59 Å². The molecular formula is C19H14O2S. The van der Waals surface area contributed by atoms with Gasteiger partial charge in [-0.05, 0) is 11.1 Å². The summed E-state index contributed by atoms with van der Waals surface area (Å²) in [4.78, 5) is 24.5. The summed E-state index contributed by atoms with van der Waals surface area (Å²) in [5.74, 6) is -0.107. The molecule has 0 aliphatic heterocycles. The van der Waals surface area contributed by atoms with Crippen molar-refractivity contribution in [2.24, 2.45) is 0 Å². The van der Waals surface area contributed by atoms with E-state index in [1.54, 1.807) is 23.9 Å². The molecule has 2 nitrogen and oxygen atoms in total. The number of Topliss-reactive ketones (excluding diaryl/α,β-unsaturated/α-hetero) is 1. The average molecular weight is 306 g/mol. The van der Waals surface area contributed by atoms with E-state index in [1.807, 2.05) is 42.5 Å². The Bertz CT molecular complexity index is 773. The molecule has 0 bridgehead atoms. The van der Waals surface area contributed by atoms with Crippen molar-refractivity contribution in [3.63, 3.8) is 0 Å². The molecule has 2 aromatic rings. The van der Waals surface area contributed by atoms with E-state index in [2.05, 4.69) is 12.2 Å². The van der Waals surface area contributed by atoms with Gasteiger partial charge in [0.1, 0.15) is 0 Å². The van der Waals surface area contributed by atoms with E-state index in [4.69, 9.17) is 0 Å². The van der Waals surface area contributed by atoms with Crippen molar-refractivity contribution < 1.29 is 9.59 Å². The van der Waals surface area contributed by atoms with E-state index in [1.165, 1.54) is 6.08 Å². The van der Waals surface area contributed by atoms with Gasteiger partial charge in [0.2, 0.25) is 11.6 Å². The maximum Gasteiger partial charge on any atom is 0.233 e. The Hall–Kier alpha value is -2.39. The zero-order valence-corrected chi connectivity index (χ0v) is 12.7. The number of hydrogen-bond donors (Lipinski definition) is 0. The molecule has 0 amide bonds. The van der Waals surface area contributed by atoms with E-state index in [0.29, 0.717) is 5.56 Å². The van der Waals surface area contributed by atoms with Crippen LogP contribution in [0.2, 0.25) is 0 Å². The van der Waals surface area contributed by atoms with Gasteiger partial charge in [0, 0.05) is 22.3 Å². The summed E-state index contributed by atoms with van der Waals surface area (Å²) in [6.45, 7) is 0. The second-order valence-electron chi connectivity index (χ2n) is 4.87. The van der Waals surface area contributed by atoms with E-state index in [0.717, 1.165) is 21.8 Å². The monoisotopic (exact) mass is 306 g/mol. The van der Waals surface area contributed by atoms with Gasteiger partial charge in [-0.25, -0.2) is 0 Å². The van der Waals surface area contributed by atoms with E-state index in [9.17, 15) is 9.59 Å². The van der Waals surface area contributed by atoms with Gasteiger partial charge in [-0.15, -0.1) is 11.8 Å². The number of rotatable bonds is 4. The van der Waals surface area contributed by atoms with Gasteiger partial charge in [0.25, 0.3) is 0 Å². The van der Waals surface area contributed by atoms with Crippen LogP contribution >= 0.6 is 11.8 Å². The lowest BCUT2D eigenvalue weighted by Gasteiger charge is -2.14. The van der Waals surface area contributed by atoms with E-state index >= 15 is 0 Å². The van der Waals surface area contributed by atoms with E-state index in [-0.39, 0.29) is 0 Å². The number of benzene rings is 2. The highest BCUT2D eigenvalue weighted by molar-refractivity contribution is 8.08. The number of carbonyl (C=O) groups is 2. The molecule has 22 heavy (non-hydrogen) atoms. The molecule has 0 atom stereocenters. The quantitative estimate of drug-likeness (QED) is 0.792. The molecule has 1 aliphatic carbocycles. The first-order chi connectivity index (χ1) is 10.8. The highest BCUT2D eigenvalue weighted by Crippen LogP contribution is 2.33. The number of fused-ring (bicyclic) bond motifs is 1. The van der Waals surface area contributed by atoms with Crippen molar-refractivity contribution in [1.29, 1.82) is 0 Å². The van der Waals surface area contributed by atoms with Crippen LogP contribution in [0.1, 0.15) is 21.5 Å². The zero-order chi connectivity index (χ0) is 15.4. The summed E-state index contributed by atoms with van der Waals surface area (Å²) in [6.07, 6.45) is 5.56. The summed E-state index contributed by atoms with van der Waals surface area (Å²) in [7, 11) is 0. The Morgan fingerprint density at radius 3 is 2.32 bits per heavy atom. The molecule has 3 rings (SSSR count). The Morgan fingerprint density at radius 1 is 0.864 bits per heavy atom. The first-order valence-corrected chi connectivity index (χ1v) is 7.98. The predicted molar refractivity (Wildman–Crippen MR) is 91.7 cm³/mol. The number of hydrogen-bond acceptors (Lipinski definition) is 3. The molecule has 0 unspecified atom stereocenters. The van der Waals surface area contributed by atoms with Crippen LogP contribution in [0.25, 0.3) is 11.0 Å². The molecule has 0 radical (unpaired) electrons. The standard InChI is InChI=1S/C19H14O2S/c20-17-13-18(15-10-4-5-11-16(15)19(17)21)22-12-6-9-14-7-2-1-3-8-14/h1-11,13H,12H2. The third kappa shape index (κ3) is 3.10. The summed E-state index contributed by atoms with van der Waals surface area (Å²) in [5, 5.41) is 0. The molecule has 1 aliphatic rings. The lowest BCUT2D eigenvalue weighted by Crippen LogP contribution is -2.17. The fraction of sp³-hybridized carbons (Fsp3) is 0.0526. The summed E-state index contributed by atoms with van der Waals surface area (Å²) in [6, 6.07) is 17.3. The van der Waals surface area contributed by atoms with Crippen molar-refractivity contribution >= 4 is 34.3 Å². The summed E-state index contributed by atoms with van der Waals surface area (Å²) >= 11 is 1.57. The van der Waals surface area contributed by atoms with Gasteiger partial charge >= 0.3 is 0 Å². The van der Waals surface area contributed by atoms with Crippen LogP contribution < -0.4 is 0 Å². The van der Waals surface area contributed by atoms with Crippen molar-refractivity contribution in [3.8, 4) is 0 Å². The third-order valence-corrected chi connectivity index (χ3v) is 4.38. The highest BCUT2D eigenvalue weighted by atomic mass is 32.2. The van der Waals surface area contributed by atoms with Gasteiger partial charge in [-0.1, -0.05) is 66.7 Å². The second-order valence-corrected chi connectivity index (χ2v) is 5.93. The molecule has 0 N–H and O–H groups in total. The number of allylic oxidation sites excluding steroid dienone is 1. The van der Waals surface area contributed by atoms with Crippen LogP contribution in [0, 0.1) is 0 Å². The Morgan fingerprint density at radius 2 is 1.55 bits per heavy atom. The van der Waals surface area contributed by atoms with Crippen molar-refractivity contribution in [2.75, 3.05) is 5.75 Å². The van der Waals surface area contributed by atoms with Crippen LogP contribution in [-0.2, 0) is 4.79 Å². The molecule has 0 saturated carbocycles. The second kappa shape index (κ2) is 6.58. The van der Waals surface area contributed by atoms with Gasteiger partial charge in [0.05, 0.1) is 0 Å². The highest BCUT2D eigenvalue weighted by Gasteiger charge is 2.24. The van der Waals surface area contributed by atoms with Crippen LogP contribution in [-0.4, -0.2) is 17.3 Å². The lowest BCUT2D eigenvalue weighted by atomic mass is 9.95. The largest absolute Gasteiger partial charge is 0.286 e. The normalized spacial score (nSPS) is 14.1. The first kappa shape index (κ1) is 14.5. The van der Waals surface area contributed by atoms with Crippen LogP contribution in [0.5, 0.6) is 0 Å². The Kier molecular flexibility index (Phi) is 4.35. The SMILES string of the molecule is O=C1C=C(SCC=Cc2ccccc2)c2ccccc2C1=O. The molecule has 0 aromatic heterocycles. The minimum atomic E-state index is -0.437. The fourth-order valence-electron chi connectivity index (χ4n) is 2.30. The Balaban J connectivity index is 1.73. The topological polar surface area (TPSA) is 34.1 Å². The fourth-order valence-corrected chi connectivity index (χ4v) is 3.19. The molecule has 0 saturated heterocycles. The minimum Gasteiger partial charge on any atom is -0.286 e. The summed E-state index contributed by atoms with van der Waals surface area (Å²) in [5.41, 5.74) is 2.50. The molecular weight excluding hydrogens is 292 g/mol. The number of ketones is 2. The molecule has 0 spiro atoms. The molecule has 3 heteroatoms. The van der Waals surface area contributed by atoms with Crippen molar-refractivity contribution in [1.82, 2.24) is 0 Å². The maximum atomic E-state index is 11.9. The lowest BCUT2D eigenvalue weighted by molar-refractivity contribution is -0.110. The van der Waals surface area contributed by atoms with Crippen molar-refractivity contribution in [2.45, 2.75) is 0 Å². The molecule has 0 fully saturated rings. The van der Waals surface area contributed by atoms with Gasteiger partial charge < -0.3 is 0 Å². The third-order valence-electron chi connectivity index (χ3n) is 3.37.